The number of carbonyl (C=O) groups is 16. The second-order valence-electron chi connectivity index (χ2n) is 32.9. The van der Waals surface area contributed by atoms with Crippen LogP contribution in [0.2, 0.25) is 0 Å². The molecule has 666 valence electrons. The zero-order valence-corrected chi connectivity index (χ0v) is 72.0. The molecule has 3 rings (SSSR count). The van der Waals surface area contributed by atoms with Crippen molar-refractivity contribution in [3.8, 4) is 11.1 Å². The fraction of sp³-hybridized carbons (Fsp3) is 0.663. The van der Waals surface area contributed by atoms with Gasteiger partial charge < -0.3 is 107 Å². The van der Waals surface area contributed by atoms with Crippen molar-refractivity contribution < 1.29 is 86.6 Å². The fourth-order valence-corrected chi connectivity index (χ4v) is 13.4. The van der Waals surface area contributed by atoms with Gasteiger partial charge >= 0.3 is 12.1 Å². The molecule has 14 atom stereocenters. The van der Waals surface area contributed by atoms with Crippen LogP contribution in [0.4, 0.5) is 4.79 Å². The molecule has 0 bridgehead atoms. The van der Waals surface area contributed by atoms with Crippen molar-refractivity contribution in [2.45, 2.75) is 285 Å². The van der Waals surface area contributed by atoms with Crippen molar-refractivity contribution in [3.05, 3.63) is 59.7 Å². The first-order valence-corrected chi connectivity index (χ1v) is 41.7. The molecule has 1 aliphatic rings. The molecular weight excluding hydrogens is 1540 g/mol. The minimum absolute atomic E-state index is 0.00329. The summed E-state index contributed by atoms with van der Waals surface area (Å²) in [4.78, 5) is 220. The summed E-state index contributed by atoms with van der Waals surface area (Å²) < 4.78 is 5.53. The summed E-state index contributed by atoms with van der Waals surface area (Å²) in [6.45, 7) is 25.1. The molecule has 36 heteroatoms. The number of unbranched alkanes of at least 4 members (excludes halogenated alkanes) is 3. The molecule has 0 spiro atoms. The predicted molar refractivity (Wildman–Crippen MR) is 447 cm³/mol. The molecule has 0 unspecified atom stereocenters. The number of ether oxygens (including phenoxy) is 1. The van der Waals surface area contributed by atoms with Gasteiger partial charge in [0.25, 0.3) is 0 Å². The highest BCUT2D eigenvalue weighted by atomic mass is 16.5. The second-order valence-corrected chi connectivity index (χ2v) is 32.9. The number of rotatable bonds is 55. The van der Waals surface area contributed by atoms with Crippen molar-refractivity contribution in [1.29, 1.82) is 0 Å². The van der Waals surface area contributed by atoms with Crippen LogP contribution in [-0.4, -0.2) is 211 Å². The lowest BCUT2D eigenvalue weighted by Gasteiger charge is -2.29. The van der Waals surface area contributed by atoms with E-state index in [0.29, 0.717) is 44.9 Å². The number of carboxylic acid groups (broad SMARTS) is 1. The van der Waals surface area contributed by atoms with Gasteiger partial charge in [-0.3, -0.25) is 67.1 Å². The third-order valence-corrected chi connectivity index (χ3v) is 20.2. The Hall–Kier alpha value is -10.4. The Bertz CT molecular complexity index is 3680. The number of nitrogens with one attached hydrogen (secondary N) is 14. The van der Waals surface area contributed by atoms with Gasteiger partial charge in [-0.1, -0.05) is 138 Å². The molecule has 2 aromatic rings. The van der Waals surface area contributed by atoms with E-state index in [0.717, 1.165) is 22.3 Å². The lowest BCUT2D eigenvalue weighted by Crippen LogP contribution is -2.61. The number of primary amides is 1. The third-order valence-electron chi connectivity index (χ3n) is 20.2. The van der Waals surface area contributed by atoms with E-state index in [1.807, 2.05) is 48.5 Å². The summed E-state index contributed by atoms with van der Waals surface area (Å²) >= 11 is 0. The van der Waals surface area contributed by atoms with E-state index in [-0.39, 0.29) is 101 Å². The van der Waals surface area contributed by atoms with Crippen molar-refractivity contribution in [3.63, 3.8) is 0 Å². The molecule has 0 fully saturated rings. The molecule has 2 aromatic carbocycles. The smallest absolute Gasteiger partial charge is 0.407 e. The van der Waals surface area contributed by atoms with E-state index in [1.54, 1.807) is 83.1 Å². The monoisotopic (exact) mass is 1670 g/mol. The van der Waals surface area contributed by atoms with Gasteiger partial charge in [0.05, 0.1) is 6.42 Å². The number of carbonyl (C=O) groups excluding carboxylic acids is 15. The minimum Gasteiger partial charge on any atom is -0.480 e. The number of hydrogen-bond donors (Lipinski definition) is 19. The normalized spacial score (nSPS) is 15.3. The zero-order valence-electron chi connectivity index (χ0n) is 72.0. The molecule has 23 N–H and O–H groups in total. The summed E-state index contributed by atoms with van der Waals surface area (Å²) in [6.07, 6.45) is 1.55. The number of hydrogen-bond acceptors (Lipinski definition) is 20. The minimum atomic E-state index is -1.62. The topological polar surface area (TPSA) is 575 Å². The fourth-order valence-electron chi connectivity index (χ4n) is 13.4. The summed E-state index contributed by atoms with van der Waals surface area (Å²) in [5.74, 6) is -15.0. The van der Waals surface area contributed by atoms with Crippen LogP contribution in [0.15, 0.2) is 48.5 Å². The summed E-state index contributed by atoms with van der Waals surface area (Å²) in [6, 6.07) is -1.67. The maximum absolute atomic E-state index is 14.4. The lowest BCUT2D eigenvalue weighted by atomic mass is 9.96. The quantitative estimate of drug-likeness (QED) is 0.0413. The van der Waals surface area contributed by atoms with Gasteiger partial charge in [0.1, 0.15) is 91.7 Å². The molecule has 0 radical (unpaired) electrons. The first-order valence-electron chi connectivity index (χ1n) is 41.7. The Balaban J connectivity index is 1.72. The standard InChI is InChI=1S/C83H136N18O18/c1-16-49(12)69(81(115)99-65(82(116)117)40-47(8)9)101-75(109)60(33-23-26-36-86)94-74(108)59(32-22-25-35-85)93-70(104)51(14)91-80(114)68(48(10)11)100-72(106)52(15)90-76(110)61(37-44(2)3)97-78(112)62(38-45(4)5)96-71(105)50(13)89-73(107)58(31-21-24-34-84)95-77(111)63(39-46(6)7)98-79(113)64(41-66(87)102)92-67(103)42-88-83(118)119-43-57-55-29-19-17-27-53(55)54-28-18-20-30-56(54)57/h17-20,27-30,44-52,57-65,68-69H,16,21-26,31-43,84-86H2,1-15H3,(H2,87,102)(H,88,118)(H,89,107)(H,90,110)(H,91,114)(H,92,103)(H,93,104)(H,94,108)(H,95,111)(H,96,105)(H,97,112)(H,98,113)(H,99,115)(H,100,106)(H,101,109)(H,116,117)/t49-,50-,51-,52-,58-,59-,60-,61-,62-,63-,64-,65-,68-,69-/m0/s1. The van der Waals surface area contributed by atoms with Gasteiger partial charge in [-0.15, -0.1) is 0 Å². The maximum Gasteiger partial charge on any atom is 0.407 e. The Morgan fingerprint density at radius 2 is 0.697 bits per heavy atom. The van der Waals surface area contributed by atoms with E-state index in [2.05, 4.69) is 74.4 Å². The Morgan fingerprint density at radius 1 is 0.378 bits per heavy atom. The zero-order chi connectivity index (χ0) is 89.5. The highest BCUT2D eigenvalue weighted by Gasteiger charge is 2.39. The molecule has 119 heavy (non-hydrogen) atoms. The molecule has 0 aromatic heterocycles. The molecule has 0 saturated heterocycles. The summed E-state index contributed by atoms with van der Waals surface area (Å²) in [5.41, 5.74) is 26.8. The van der Waals surface area contributed by atoms with Gasteiger partial charge in [0.2, 0.25) is 82.7 Å². The van der Waals surface area contributed by atoms with Crippen LogP contribution in [0.1, 0.15) is 217 Å². The number of amides is 15. The number of carboxylic acids is 1. The number of nitrogens with two attached hydrogens (primary N) is 4. The highest BCUT2D eigenvalue weighted by molar-refractivity contribution is 6.00. The van der Waals surface area contributed by atoms with Gasteiger partial charge in [0, 0.05) is 5.92 Å². The predicted octanol–water partition coefficient (Wildman–Crippen LogP) is 1.12. The van der Waals surface area contributed by atoms with Gasteiger partial charge in [-0.2, -0.15) is 0 Å². The van der Waals surface area contributed by atoms with Crippen LogP contribution in [0, 0.1) is 35.5 Å². The SMILES string of the molecule is CC[C@H](C)[C@H](NC(=O)[C@H](CCCCN)NC(=O)[C@H](CCCCN)NC(=O)[C@H](C)NC(=O)[C@@H](NC(=O)[C@H](C)NC(=O)[C@H](CC(C)C)NC(=O)[C@H](CC(C)C)NC(=O)[C@H](C)NC(=O)[C@H](CCCCN)NC(=O)[C@H](CC(C)C)NC(=O)[C@H](CC(N)=O)NC(=O)CNC(=O)OCC1c2ccccc2-c2ccccc21)C(C)C)C(=O)N[C@@H](CC(C)C)C(=O)O. The van der Waals surface area contributed by atoms with Crippen LogP contribution in [0.5, 0.6) is 0 Å². The number of alkyl carbamates (subject to hydrolysis) is 1. The molecule has 0 saturated carbocycles. The summed E-state index contributed by atoms with van der Waals surface area (Å²) in [7, 11) is 0. The first-order chi connectivity index (χ1) is 56.1. The van der Waals surface area contributed by atoms with Crippen LogP contribution in [-0.2, 0) is 76.7 Å². The van der Waals surface area contributed by atoms with Crippen LogP contribution >= 0.6 is 0 Å². The van der Waals surface area contributed by atoms with E-state index in [9.17, 15) is 81.8 Å². The molecular formula is C83H136N18O18. The van der Waals surface area contributed by atoms with Crippen LogP contribution in [0.3, 0.4) is 0 Å². The first kappa shape index (κ1) is 103. The van der Waals surface area contributed by atoms with E-state index >= 15 is 0 Å². The maximum atomic E-state index is 14.4. The average molecular weight is 1670 g/mol. The van der Waals surface area contributed by atoms with Crippen molar-refractivity contribution in [2.75, 3.05) is 32.8 Å². The second kappa shape index (κ2) is 52.5. The van der Waals surface area contributed by atoms with Crippen LogP contribution < -0.4 is 97.4 Å². The van der Waals surface area contributed by atoms with Gasteiger partial charge in [0.15, 0.2) is 0 Å². The highest BCUT2D eigenvalue weighted by Crippen LogP contribution is 2.44. The molecule has 15 amide bonds. The van der Waals surface area contributed by atoms with Crippen molar-refractivity contribution in [2.24, 2.45) is 58.4 Å². The lowest BCUT2D eigenvalue weighted by molar-refractivity contribution is -0.143. The molecule has 0 aliphatic heterocycles. The Labute approximate surface area is 699 Å². The van der Waals surface area contributed by atoms with Crippen molar-refractivity contribution in [1.82, 2.24) is 74.4 Å². The van der Waals surface area contributed by atoms with E-state index in [1.165, 1.54) is 20.8 Å². The third kappa shape index (κ3) is 36.0. The number of fused-ring (bicyclic) bond motifs is 3. The number of aliphatic carboxylic acids is 1. The Morgan fingerprint density at radius 3 is 1.09 bits per heavy atom. The molecule has 1 aliphatic carbocycles. The molecule has 36 nitrogen and oxygen atoms in total. The average Bonchev–Trinajstić information content (AvgIpc) is 1.61. The number of benzene rings is 2. The van der Waals surface area contributed by atoms with Crippen LogP contribution in [0.25, 0.3) is 11.1 Å². The Kier molecular flexibility index (Phi) is 45.4. The van der Waals surface area contributed by atoms with Crippen molar-refractivity contribution >= 4 is 94.8 Å². The largest absolute Gasteiger partial charge is 0.480 e. The van der Waals surface area contributed by atoms with E-state index in [4.69, 9.17) is 27.7 Å². The van der Waals surface area contributed by atoms with E-state index < -0.39 is 198 Å². The van der Waals surface area contributed by atoms with Gasteiger partial charge in [-0.25, -0.2) is 9.59 Å². The molecule has 0 heterocycles. The van der Waals surface area contributed by atoms with Gasteiger partial charge in [-0.05, 0) is 182 Å². The summed E-state index contributed by atoms with van der Waals surface area (Å²) in [5, 5.41) is 46.4.